The third-order valence-corrected chi connectivity index (χ3v) is 7.42. The normalized spacial score (nSPS) is 15.5. The minimum atomic E-state index is -0.962. The number of hydrogen-bond donors (Lipinski definition) is 0. The van der Waals surface area contributed by atoms with Crippen molar-refractivity contribution in [2.45, 2.75) is 24.1 Å². The zero-order valence-corrected chi connectivity index (χ0v) is 8.33. The SMILES string of the molecule is C=C[C@H](Br)[Si](C)(C)C. The molecule has 0 saturated heterocycles. The molecule has 0 nitrogen and oxygen atoms in total. The highest BCUT2D eigenvalue weighted by Crippen LogP contribution is 2.15. The van der Waals surface area contributed by atoms with Crippen LogP contribution in [0.3, 0.4) is 0 Å². The summed E-state index contributed by atoms with van der Waals surface area (Å²) in [6.07, 6.45) is 1.98. The van der Waals surface area contributed by atoms with E-state index in [2.05, 4.69) is 42.1 Å². The average molecular weight is 193 g/mol. The molecule has 2 heteroatoms. The van der Waals surface area contributed by atoms with Crippen molar-refractivity contribution >= 4 is 24.0 Å². The van der Waals surface area contributed by atoms with Gasteiger partial charge < -0.3 is 0 Å². The molecule has 0 aromatic heterocycles. The van der Waals surface area contributed by atoms with Crippen LogP contribution in [0.15, 0.2) is 12.7 Å². The van der Waals surface area contributed by atoms with Crippen molar-refractivity contribution in [2.24, 2.45) is 0 Å². The third kappa shape index (κ3) is 2.67. The van der Waals surface area contributed by atoms with Gasteiger partial charge in [-0.15, -0.1) is 6.58 Å². The van der Waals surface area contributed by atoms with Crippen LogP contribution in [0.1, 0.15) is 0 Å². The quantitative estimate of drug-likeness (QED) is 0.359. The van der Waals surface area contributed by atoms with Crippen LogP contribution in [0.4, 0.5) is 0 Å². The first-order chi connectivity index (χ1) is 3.48. The molecule has 0 N–H and O–H groups in total. The highest BCUT2D eigenvalue weighted by Gasteiger charge is 2.20. The molecule has 0 aromatic carbocycles. The van der Waals surface area contributed by atoms with Crippen molar-refractivity contribution in [1.82, 2.24) is 0 Å². The lowest BCUT2D eigenvalue weighted by Gasteiger charge is -2.18. The van der Waals surface area contributed by atoms with E-state index in [0.717, 1.165) is 0 Å². The molecule has 0 spiro atoms. The number of rotatable bonds is 2. The Morgan fingerprint density at radius 1 is 1.50 bits per heavy atom. The van der Waals surface area contributed by atoms with Gasteiger partial charge >= 0.3 is 0 Å². The maximum atomic E-state index is 3.71. The van der Waals surface area contributed by atoms with Gasteiger partial charge in [0.15, 0.2) is 0 Å². The Bertz CT molecular complexity index is 83.0. The lowest BCUT2D eigenvalue weighted by Crippen LogP contribution is -2.31. The Kier molecular flexibility index (Phi) is 2.98. The maximum absolute atomic E-state index is 3.71. The van der Waals surface area contributed by atoms with E-state index < -0.39 is 8.07 Å². The molecule has 0 aromatic rings. The summed E-state index contributed by atoms with van der Waals surface area (Å²) in [5.41, 5.74) is 0. The molecule has 0 radical (unpaired) electrons. The van der Waals surface area contributed by atoms with Gasteiger partial charge in [0.25, 0.3) is 0 Å². The van der Waals surface area contributed by atoms with E-state index in [4.69, 9.17) is 0 Å². The summed E-state index contributed by atoms with van der Waals surface area (Å²) < 4.78 is 0.565. The van der Waals surface area contributed by atoms with E-state index in [1.165, 1.54) is 0 Å². The molecule has 8 heavy (non-hydrogen) atoms. The number of halogens is 1. The summed E-state index contributed by atoms with van der Waals surface area (Å²) in [5, 5.41) is 0. The highest BCUT2D eigenvalue weighted by molar-refractivity contribution is 9.10. The van der Waals surface area contributed by atoms with Crippen molar-refractivity contribution in [3.8, 4) is 0 Å². The molecule has 0 fully saturated rings. The van der Waals surface area contributed by atoms with Crippen LogP contribution in [0.25, 0.3) is 0 Å². The Morgan fingerprint density at radius 3 is 1.88 bits per heavy atom. The van der Waals surface area contributed by atoms with E-state index in [1.807, 2.05) is 6.08 Å². The lowest BCUT2D eigenvalue weighted by molar-refractivity contribution is 1.48. The Hall–Kier alpha value is 0.437. The fourth-order valence-electron chi connectivity index (χ4n) is 0.354. The molecule has 48 valence electrons. The first-order valence-corrected chi connectivity index (χ1v) is 7.24. The average Bonchev–Trinajstić information content (AvgIpc) is 1.62. The molecule has 0 aliphatic carbocycles. The predicted octanol–water partition coefficient (Wildman–Crippen LogP) is 2.81. The van der Waals surface area contributed by atoms with E-state index in [-0.39, 0.29) is 0 Å². The van der Waals surface area contributed by atoms with Crippen molar-refractivity contribution < 1.29 is 0 Å². The molecule has 0 amide bonds. The van der Waals surface area contributed by atoms with Crippen LogP contribution in [-0.2, 0) is 0 Å². The van der Waals surface area contributed by atoms with Gasteiger partial charge in [-0.2, -0.15) is 0 Å². The lowest BCUT2D eigenvalue weighted by atomic mass is 10.8. The highest BCUT2D eigenvalue weighted by atomic mass is 79.9. The van der Waals surface area contributed by atoms with Gasteiger partial charge in [0.05, 0.1) is 8.07 Å². The maximum Gasteiger partial charge on any atom is 0.0643 e. The zero-order chi connectivity index (χ0) is 6.78. The molecule has 0 bridgehead atoms. The number of hydrogen-bond acceptors (Lipinski definition) is 0. The summed E-state index contributed by atoms with van der Waals surface area (Å²) >= 11 is 3.54. The van der Waals surface area contributed by atoms with Crippen LogP contribution in [0, 0.1) is 0 Å². The Morgan fingerprint density at radius 2 is 1.88 bits per heavy atom. The van der Waals surface area contributed by atoms with Crippen molar-refractivity contribution in [3.63, 3.8) is 0 Å². The van der Waals surface area contributed by atoms with Gasteiger partial charge in [0.1, 0.15) is 0 Å². The second kappa shape index (κ2) is 2.83. The first-order valence-electron chi connectivity index (χ1n) is 2.75. The van der Waals surface area contributed by atoms with Gasteiger partial charge in [-0.3, -0.25) is 0 Å². The van der Waals surface area contributed by atoms with Crippen molar-refractivity contribution in [2.75, 3.05) is 0 Å². The molecule has 0 aliphatic rings. The van der Waals surface area contributed by atoms with Crippen LogP contribution in [0.5, 0.6) is 0 Å². The first kappa shape index (κ1) is 8.44. The third-order valence-electron chi connectivity index (χ3n) is 1.03. The molecule has 0 unspecified atom stereocenters. The van der Waals surface area contributed by atoms with E-state index in [1.54, 1.807) is 0 Å². The molecule has 0 rings (SSSR count). The molecule has 0 aliphatic heterocycles. The van der Waals surface area contributed by atoms with Gasteiger partial charge in [0.2, 0.25) is 0 Å². The molecule has 1 atom stereocenters. The molecule has 0 saturated carbocycles. The predicted molar refractivity (Wildman–Crippen MR) is 46.3 cm³/mol. The fourth-order valence-corrected chi connectivity index (χ4v) is 1.06. The number of alkyl halides is 1. The number of allylic oxidation sites excluding steroid dienone is 1. The van der Waals surface area contributed by atoms with Crippen LogP contribution in [-0.4, -0.2) is 12.5 Å². The van der Waals surface area contributed by atoms with Crippen LogP contribution >= 0.6 is 15.9 Å². The monoisotopic (exact) mass is 192 g/mol. The van der Waals surface area contributed by atoms with Crippen molar-refractivity contribution in [1.29, 1.82) is 0 Å². The summed E-state index contributed by atoms with van der Waals surface area (Å²) in [5.74, 6) is 0. The fraction of sp³-hybridized carbons (Fsp3) is 0.667. The summed E-state index contributed by atoms with van der Waals surface area (Å²) in [7, 11) is -0.962. The summed E-state index contributed by atoms with van der Waals surface area (Å²) in [4.78, 5) is 0. The van der Waals surface area contributed by atoms with E-state index in [9.17, 15) is 0 Å². The molecular formula is C6H13BrSi. The van der Waals surface area contributed by atoms with Gasteiger partial charge in [0, 0.05) is 4.45 Å². The van der Waals surface area contributed by atoms with E-state index in [0.29, 0.717) is 4.45 Å². The van der Waals surface area contributed by atoms with Gasteiger partial charge in [-0.1, -0.05) is 41.6 Å². The van der Waals surface area contributed by atoms with Crippen LogP contribution < -0.4 is 0 Å². The van der Waals surface area contributed by atoms with Gasteiger partial charge in [-0.25, -0.2) is 0 Å². The standard InChI is InChI=1S/C6H13BrSi/c1-5-6(7)8(2,3)4/h5-6H,1H2,2-4H3/t6-/m1/s1. The molecule has 0 heterocycles. The zero-order valence-electron chi connectivity index (χ0n) is 5.74. The Balaban J connectivity index is 3.80. The second-order valence-electron chi connectivity index (χ2n) is 3.00. The summed E-state index contributed by atoms with van der Waals surface area (Å²) in [6.45, 7) is 10.7. The topological polar surface area (TPSA) is 0 Å². The Labute approximate surface area is 61.1 Å². The minimum Gasteiger partial charge on any atom is -0.102 e. The van der Waals surface area contributed by atoms with Crippen molar-refractivity contribution in [3.05, 3.63) is 12.7 Å². The smallest absolute Gasteiger partial charge is 0.0643 e. The van der Waals surface area contributed by atoms with E-state index >= 15 is 0 Å². The summed E-state index contributed by atoms with van der Waals surface area (Å²) in [6, 6.07) is 0. The van der Waals surface area contributed by atoms with Crippen LogP contribution in [0.2, 0.25) is 19.6 Å². The second-order valence-corrected chi connectivity index (χ2v) is 10.2. The van der Waals surface area contributed by atoms with Gasteiger partial charge in [-0.05, 0) is 0 Å². The largest absolute Gasteiger partial charge is 0.102 e. The molecular weight excluding hydrogens is 180 g/mol. The minimum absolute atomic E-state index is 0.565.